The second kappa shape index (κ2) is 7.87. The molecule has 1 aromatic carbocycles. The number of hydrogen-bond donors (Lipinski definition) is 1. The lowest BCUT2D eigenvalue weighted by atomic mass is 10.1. The monoisotopic (exact) mass is 382 g/mol. The summed E-state index contributed by atoms with van der Waals surface area (Å²) in [6.07, 6.45) is 3.42. The average Bonchev–Trinajstić information content (AvgIpc) is 3.37. The van der Waals surface area contributed by atoms with Gasteiger partial charge in [0.05, 0.1) is 6.26 Å². The summed E-state index contributed by atoms with van der Waals surface area (Å²) in [6, 6.07) is 9.37. The Morgan fingerprint density at radius 2 is 2.04 bits per heavy atom. The Labute approximate surface area is 158 Å². The van der Waals surface area contributed by atoms with Gasteiger partial charge in [0.25, 0.3) is 11.6 Å². The van der Waals surface area contributed by atoms with Gasteiger partial charge in [-0.1, -0.05) is 5.16 Å². The summed E-state index contributed by atoms with van der Waals surface area (Å²) in [5, 5.41) is 7.12. The number of benzene rings is 1. The van der Waals surface area contributed by atoms with Crippen LogP contribution in [0.5, 0.6) is 5.88 Å². The number of rotatable bonds is 7. The third-order valence-corrected chi connectivity index (χ3v) is 3.97. The molecule has 0 aliphatic heterocycles. The fourth-order valence-electron chi connectivity index (χ4n) is 2.64. The summed E-state index contributed by atoms with van der Waals surface area (Å²) in [5.41, 5.74) is 1.23. The number of fused-ring (bicyclic) bond motifs is 1. The molecular formula is C19H15FN4O4. The number of nitrogens with one attached hydrogen (secondary N) is 1. The third kappa shape index (κ3) is 3.83. The van der Waals surface area contributed by atoms with E-state index in [4.69, 9.17) is 13.7 Å². The van der Waals surface area contributed by atoms with Gasteiger partial charge >= 0.3 is 0 Å². The molecule has 0 saturated heterocycles. The molecule has 3 aromatic heterocycles. The van der Waals surface area contributed by atoms with Crippen LogP contribution in [0, 0.1) is 5.82 Å². The van der Waals surface area contributed by atoms with Crippen molar-refractivity contribution in [1.82, 2.24) is 20.4 Å². The quantitative estimate of drug-likeness (QED) is 0.524. The van der Waals surface area contributed by atoms with Crippen LogP contribution in [0.4, 0.5) is 4.39 Å². The topological polar surface area (TPSA) is 103 Å². The lowest BCUT2D eigenvalue weighted by molar-refractivity contribution is -0.123. The Bertz CT molecular complexity index is 1080. The smallest absolute Gasteiger partial charge is 0.265 e. The van der Waals surface area contributed by atoms with Gasteiger partial charge in [0.15, 0.2) is 6.61 Å². The zero-order valence-electron chi connectivity index (χ0n) is 14.6. The van der Waals surface area contributed by atoms with Crippen LogP contribution >= 0.6 is 0 Å². The molecule has 0 radical (unpaired) electrons. The first-order chi connectivity index (χ1) is 13.7. The molecule has 3 heterocycles. The summed E-state index contributed by atoms with van der Waals surface area (Å²) in [4.78, 5) is 20.1. The van der Waals surface area contributed by atoms with Crippen molar-refractivity contribution in [2.24, 2.45) is 0 Å². The van der Waals surface area contributed by atoms with E-state index in [9.17, 15) is 9.18 Å². The van der Waals surface area contributed by atoms with Gasteiger partial charge in [-0.15, -0.1) is 0 Å². The summed E-state index contributed by atoms with van der Waals surface area (Å²) in [7, 11) is 0. The first kappa shape index (κ1) is 17.7. The van der Waals surface area contributed by atoms with E-state index in [1.807, 2.05) is 6.07 Å². The van der Waals surface area contributed by atoms with Gasteiger partial charge < -0.3 is 19.0 Å². The van der Waals surface area contributed by atoms with Crippen LogP contribution in [0.1, 0.15) is 5.76 Å². The van der Waals surface area contributed by atoms with Crippen molar-refractivity contribution < 1.29 is 22.9 Å². The Morgan fingerprint density at radius 1 is 1.18 bits per heavy atom. The predicted octanol–water partition coefficient (Wildman–Crippen LogP) is 2.75. The first-order valence-electron chi connectivity index (χ1n) is 8.49. The number of nitrogens with zero attached hydrogens (tertiary/aromatic N) is 3. The predicted molar refractivity (Wildman–Crippen MR) is 95.9 cm³/mol. The van der Waals surface area contributed by atoms with Crippen molar-refractivity contribution >= 4 is 17.0 Å². The van der Waals surface area contributed by atoms with E-state index < -0.39 is 0 Å². The van der Waals surface area contributed by atoms with Crippen LogP contribution in [-0.4, -0.2) is 34.2 Å². The van der Waals surface area contributed by atoms with E-state index in [0.717, 1.165) is 5.76 Å². The van der Waals surface area contributed by atoms with Crippen LogP contribution in [-0.2, 0) is 11.2 Å². The minimum absolute atomic E-state index is 0.159. The minimum atomic E-state index is -0.365. The van der Waals surface area contributed by atoms with Crippen molar-refractivity contribution in [3.8, 4) is 17.1 Å². The molecule has 4 aromatic rings. The molecule has 1 amide bonds. The number of amides is 1. The van der Waals surface area contributed by atoms with Gasteiger partial charge in [-0.25, -0.2) is 9.37 Å². The van der Waals surface area contributed by atoms with E-state index in [-0.39, 0.29) is 29.9 Å². The van der Waals surface area contributed by atoms with Crippen LogP contribution in [0.25, 0.3) is 22.4 Å². The SMILES string of the molecule is O=C(COc1ncnc2onc(-c3ccc(F)cc3)c12)NCCc1ccco1. The highest BCUT2D eigenvalue weighted by atomic mass is 19.1. The summed E-state index contributed by atoms with van der Waals surface area (Å²) >= 11 is 0. The van der Waals surface area contributed by atoms with E-state index in [2.05, 4.69) is 20.4 Å². The summed E-state index contributed by atoms with van der Waals surface area (Å²) in [6.45, 7) is 0.182. The van der Waals surface area contributed by atoms with E-state index >= 15 is 0 Å². The molecule has 0 atom stereocenters. The van der Waals surface area contributed by atoms with Crippen molar-refractivity contribution in [3.05, 3.63) is 60.6 Å². The Balaban J connectivity index is 1.45. The van der Waals surface area contributed by atoms with Gasteiger partial charge in [0.1, 0.15) is 29.0 Å². The molecule has 0 aliphatic rings. The van der Waals surface area contributed by atoms with Crippen LogP contribution < -0.4 is 10.1 Å². The van der Waals surface area contributed by atoms with Crippen LogP contribution in [0.15, 0.2) is 57.9 Å². The van der Waals surface area contributed by atoms with E-state index in [1.165, 1.54) is 18.5 Å². The molecule has 0 aliphatic carbocycles. The summed E-state index contributed by atoms with van der Waals surface area (Å²) in [5.74, 6) is 0.271. The van der Waals surface area contributed by atoms with Gasteiger partial charge in [0.2, 0.25) is 5.88 Å². The normalized spacial score (nSPS) is 10.9. The van der Waals surface area contributed by atoms with Crippen LogP contribution in [0.2, 0.25) is 0 Å². The Morgan fingerprint density at radius 3 is 2.82 bits per heavy atom. The average molecular weight is 382 g/mol. The second-order valence-corrected chi connectivity index (χ2v) is 5.87. The highest BCUT2D eigenvalue weighted by Gasteiger charge is 2.18. The van der Waals surface area contributed by atoms with Gasteiger partial charge in [-0.3, -0.25) is 4.79 Å². The fourth-order valence-corrected chi connectivity index (χ4v) is 2.64. The Kier molecular flexibility index (Phi) is 4.96. The molecule has 8 nitrogen and oxygen atoms in total. The lowest BCUT2D eigenvalue weighted by Gasteiger charge is -2.07. The van der Waals surface area contributed by atoms with Gasteiger partial charge in [0, 0.05) is 18.5 Å². The molecule has 4 rings (SSSR count). The lowest BCUT2D eigenvalue weighted by Crippen LogP contribution is -2.30. The number of furan rings is 1. The highest BCUT2D eigenvalue weighted by molar-refractivity contribution is 5.93. The Hall–Kier alpha value is -3.75. The van der Waals surface area contributed by atoms with Crippen molar-refractivity contribution in [2.45, 2.75) is 6.42 Å². The zero-order chi connectivity index (χ0) is 19.3. The largest absolute Gasteiger partial charge is 0.469 e. The van der Waals surface area contributed by atoms with Crippen molar-refractivity contribution in [3.63, 3.8) is 0 Å². The van der Waals surface area contributed by atoms with Gasteiger partial charge in [-0.05, 0) is 36.4 Å². The van der Waals surface area contributed by atoms with Crippen LogP contribution in [0.3, 0.4) is 0 Å². The van der Waals surface area contributed by atoms with E-state index in [0.29, 0.717) is 29.6 Å². The fraction of sp³-hybridized carbons (Fsp3) is 0.158. The standard InChI is InChI=1S/C19H15FN4O4/c20-13-5-3-12(4-6-13)17-16-18(22-11-23-19(16)28-24-17)27-10-15(25)21-8-7-14-2-1-9-26-14/h1-6,9,11H,7-8,10H2,(H,21,25). The number of halogens is 1. The molecule has 142 valence electrons. The maximum absolute atomic E-state index is 13.2. The maximum atomic E-state index is 13.2. The number of carbonyl (C=O) groups is 1. The number of hydrogen-bond acceptors (Lipinski definition) is 7. The summed E-state index contributed by atoms with van der Waals surface area (Å²) < 4.78 is 29.1. The number of carbonyl (C=O) groups excluding carboxylic acids is 1. The molecule has 0 saturated carbocycles. The molecule has 0 unspecified atom stereocenters. The number of aromatic nitrogens is 3. The first-order valence-corrected chi connectivity index (χ1v) is 8.49. The molecule has 9 heteroatoms. The molecule has 0 fully saturated rings. The van der Waals surface area contributed by atoms with Crippen molar-refractivity contribution in [1.29, 1.82) is 0 Å². The third-order valence-electron chi connectivity index (χ3n) is 3.97. The van der Waals surface area contributed by atoms with Crippen molar-refractivity contribution in [2.75, 3.05) is 13.2 Å². The molecule has 0 bridgehead atoms. The van der Waals surface area contributed by atoms with Gasteiger partial charge in [-0.2, -0.15) is 4.98 Å². The molecular weight excluding hydrogens is 367 g/mol. The molecule has 1 N–H and O–H groups in total. The highest BCUT2D eigenvalue weighted by Crippen LogP contribution is 2.32. The maximum Gasteiger partial charge on any atom is 0.265 e. The number of ether oxygens (including phenoxy) is 1. The molecule has 0 spiro atoms. The second-order valence-electron chi connectivity index (χ2n) is 5.87. The van der Waals surface area contributed by atoms with E-state index in [1.54, 1.807) is 24.5 Å². The minimum Gasteiger partial charge on any atom is -0.469 e. The zero-order valence-corrected chi connectivity index (χ0v) is 14.6. The molecule has 28 heavy (non-hydrogen) atoms.